The van der Waals surface area contributed by atoms with Gasteiger partial charge in [-0.05, 0) is 0 Å². The average Bonchev–Trinajstić information content (AvgIpc) is 2.38. The van der Waals surface area contributed by atoms with E-state index in [2.05, 4.69) is 0 Å². The van der Waals surface area contributed by atoms with Crippen molar-refractivity contribution >= 4 is 16.9 Å². The Balaban J connectivity index is 2.46. The minimum absolute atomic E-state index is 0.295. The molecule has 0 aliphatic heterocycles. The summed E-state index contributed by atoms with van der Waals surface area (Å²) in [5.74, 6) is -9.12. The van der Waals surface area contributed by atoms with E-state index in [9.17, 15) is 31.1 Å². The Morgan fingerprint density at radius 1 is 1.10 bits per heavy atom. The molecule has 0 saturated heterocycles. The van der Waals surface area contributed by atoms with Crippen molar-refractivity contribution in [3.8, 4) is 0 Å². The molecule has 0 radical (unpaired) electrons. The van der Waals surface area contributed by atoms with E-state index in [1.165, 1.54) is 12.1 Å². The van der Waals surface area contributed by atoms with Crippen LogP contribution in [0.2, 0.25) is 0 Å². The van der Waals surface area contributed by atoms with Crippen LogP contribution in [0.1, 0.15) is 23.2 Å². The lowest BCUT2D eigenvalue weighted by molar-refractivity contribution is -0.179. The first-order chi connectivity index (χ1) is 9.64. The van der Waals surface area contributed by atoms with Gasteiger partial charge in [-0.25, -0.2) is 26.3 Å². The van der Waals surface area contributed by atoms with Gasteiger partial charge in [0.15, 0.2) is 0 Å². The molecule has 0 atom stereocenters. The third-order valence-corrected chi connectivity index (χ3v) is 3.43. The van der Waals surface area contributed by atoms with Gasteiger partial charge < -0.3 is 0 Å². The van der Waals surface area contributed by atoms with Gasteiger partial charge in [-0.15, -0.1) is 0 Å². The normalized spacial score (nSPS) is 12.7. The number of hydrogen-bond donors (Lipinski definition) is 0. The molecule has 118 valence electrons. The highest BCUT2D eigenvalue weighted by molar-refractivity contribution is 8.14. The maximum atomic E-state index is 13.2. The molecule has 1 rings (SSSR count). The highest BCUT2D eigenvalue weighted by Crippen LogP contribution is 2.37. The Labute approximate surface area is 121 Å². The number of halogens is 6. The summed E-state index contributed by atoms with van der Waals surface area (Å²) >= 11 is 0.539. The van der Waals surface area contributed by atoms with E-state index in [1.807, 2.05) is 0 Å². The summed E-state index contributed by atoms with van der Waals surface area (Å²) < 4.78 is 75.3. The summed E-state index contributed by atoms with van der Waals surface area (Å²) in [6, 6.07) is 7.82. The minimum Gasteiger partial charge on any atom is -0.282 e. The molecule has 0 N–H and O–H groups in total. The molecule has 0 spiro atoms. The van der Waals surface area contributed by atoms with E-state index in [4.69, 9.17) is 0 Å². The molecule has 21 heavy (non-hydrogen) atoms. The van der Waals surface area contributed by atoms with Crippen LogP contribution in [0.25, 0.3) is 0 Å². The molecule has 0 unspecified atom stereocenters. The average molecular weight is 330 g/mol. The van der Waals surface area contributed by atoms with Gasteiger partial charge >= 0.3 is 12.3 Å². The molecular weight excluding hydrogens is 318 g/mol. The van der Waals surface area contributed by atoms with Crippen LogP contribution in [0, 0.1) is 0 Å². The van der Waals surface area contributed by atoms with Gasteiger partial charge in [-0.2, -0.15) is 0 Å². The van der Waals surface area contributed by atoms with Gasteiger partial charge in [0.25, 0.3) is 5.92 Å². The van der Waals surface area contributed by atoms with Crippen LogP contribution in [-0.4, -0.2) is 29.1 Å². The Morgan fingerprint density at radius 3 is 2.19 bits per heavy atom. The lowest BCUT2D eigenvalue weighted by Gasteiger charge is -2.22. The summed E-state index contributed by atoms with van der Waals surface area (Å²) in [6.45, 7) is 0. The van der Waals surface area contributed by atoms with Crippen molar-refractivity contribution < 1.29 is 31.1 Å². The molecule has 0 aliphatic carbocycles. The van der Waals surface area contributed by atoms with Crippen LogP contribution < -0.4 is 0 Å². The van der Waals surface area contributed by atoms with Crippen molar-refractivity contribution in [1.29, 1.82) is 0 Å². The number of rotatable bonds is 7. The predicted molar refractivity (Wildman–Crippen MR) is 68.4 cm³/mol. The standard InChI is InChI=1S/C13H12F6OS/c14-11(15)13(18,19)8-12(16,17)6-7-21-10(20)9-4-2-1-3-5-9/h1-5,11H,6-8H2. The van der Waals surface area contributed by atoms with Crippen LogP contribution >= 0.6 is 11.8 Å². The lowest BCUT2D eigenvalue weighted by Crippen LogP contribution is -2.35. The maximum Gasteiger partial charge on any atom is 0.313 e. The van der Waals surface area contributed by atoms with Crippen molar-refractivity contribution in [2.45, 2.75) is 31.1 Å². The first-order valence-corrected chi connectivity index (χ1v) is 6.88. The number of alkyl halides is 6. The molecule has 0 aliphatic rings. The van der Waals surface area contributed by atoms with Gasteiger partial charge in [0.1, 0.15) is 0 Å². The summed E-state index contributed by atoms with van der Waals surface area (Å²) in [7, 11) is 0. The molecule has 1 aromatic rings. The molecule has 0 saturated carbocycles. The zero-order chi connectivity index (χ0) is 16.1. The third kappa shape index (κ3) is 5.99. The molecule has 0 aromatic heterocycles. The number of thioether (sulfide) groups is 1. The van der Waals surface area contributed by atoms with E-state index < -0.39 is 42.0 Å². The Morgan fingerprint density at radius 2 is 1.67 bits per heavy atom. The van der Waals surface area contributed by atoms with Crippen LogP contribution in [-0.2, 0) is 0 Å². The molecule has 1 nitrogen and oxygen atoms in total. The third-order valence-electron chi connectivity index (χ3n) is 2.52. The van der Waals surface area contributed by atoms with Crippen molar-refractivity contribution in [2.75, 3.05) is 5.75 Å². The highest BCUT2D eigenvalue weighted by atomic mass is 32.2. The van der Waals surface area contributed by atoms with Gasteiger partial charge in [0, 0.05) is 17.7 Å². The Kier molecular flexibility index (Phi) is 6.12. The zero-order valence-corrected chi connectivity index (χ0v) is 11.5. The monoisotopic (exact) mass is 330 g/mol. The quantitative estimate of drug-likeness (QED) is 0.663. The van der Waals surface area contributed by atoms with E-state index in [0.29, 0.717) is 17.3 Å². The van der Waals surface area contributed by atoms with E-state index in [0.717, 1.165) is 0 Å². The molecular formula is C13H12F6OS. The summed E-state index contributed by atoms with van der Waals surface area (Å²) in [5, 5.41) is -0.480. The van der Waals surface area contributed by atoms with Crippen molar-refractivity contribution in [2.24, 2.45) is 0 Å². The second-order valence-electron chi connectivity index (χ2n) is 4.35. The molecule has 0 fully saturated rings. The topological polar surface area (TPSA) is 17.1 Å². The van der Waals surface area contributed by atoms with Gasteiger partial charge in [0.05, 0.1) is 6.42 Å². The van der Waals surface area contributed by atoms with Crippen LogP contribution in [0.5, 0.6) is 0 Å². The largest absolute Gasteiger partial charge is 0.313 e. The molecule has 8 heteroatoms. The fourth-order valence-electron chi connectivity index (χ4n) is 1.46. The smallest absolute Gasteiger partial charge is 0.282 e. The number of carbonyl (C=O) groups is 1. The maximum absolute atomic E-state index is 13.2. The van der Waals surface area contributed by atoms with Gasteiger partial charge in [0.2, 0.25) is 5.12 Å². The Bertz CT molecular complexity index is 463. The van der Waals surface area contributed by atoms with Crippen LogP contribution in [0.4, 0.5) is 26.3 Å². The predicted octanol–water partition coefficient (Wildman–Crippen LogP) is 4.88. The summed E-state index contributed by atoms with van der Waals surface area (Å²) in [5.41, 5.74) is 0.295. The SMILES string of the molecule is O=C(SCCC(F)(F)CC(F)(F)C(F)F)c1ccccc1. The van der Waals surface area contributed by atoms with E-state index in [1.54, 1.807) is 18.2 Å². The second kappa shape index (κ2) is 7.20. The van der Waals surface area contributed by atoms with Gasteiger partial charge in [-0.1, -0.05) is 42.1 Å². The minimum atomic E-state index is -4.74. The van der Waals surface area contributed by atoms with Crippen molar-refractivity contribution in [1.82, 2.24) is 0 Å². The summed E-state index contributed by atoms with van der Waals surface area (Å²) in [4.78, 5) is 11.6. The fourth-order valence-corrected chi connectivity index (χ4v) is 2.35. The highest BCUT2D eigenvalue weighted by Gasteiger charge is 2.49. The lowest BCUT2D eigenvalue weighted by atomic mass is 10.1. The molecule has 0 heterocycles. The van der Waals surface area contributed by atoms with Crippen molar-refractivity contribution in [3.05, 3.63) is 35.9 Å². The molecule has 0 amide bonds. The number of hydrogen-bond acceptors (Lipinski definition) is 2. The summed E-state index contributed by atoms with van der Waals surface area (Å²) in [6.07, 6.45) is -7.43. The fraction of sp³-hybridized carbons (Fsp3) is 0.462. The van der Waals surface area contributed by atoms with Crippen LogP contribution in [0.3, 0.4) is 0 Å². The van der Waals surface area contributed by atoms with E-state index in [-0.39, 0.29) is 0 Å². The van der Waals surface area contributed by atoms with E-state index >= 15 is 0 Å². The first-order valence-electron chi connectivity index (χ1n) is 5.90. The Hall–Kier alpha value is -1.18. The zero-order valence-electron chi connectivity index (χ0n) is 10.7. The second-order valence-corrected chi connectivity index (χ2v) is 5.41. The first kappa shape index (κ1) is 17.9. The molecule has 1 aromatic carbocycles. The molecule has 0 bridgehead atoms. The van der Waals surface area contributed by atoms with Gasteiger partial charge in [-0.3, -0.25) is 4.79 Å². The number of benzene rings is 1. The van der Waals surface area contributed by atoms with Crippen molar-refractivity contribution in [3.63, 3.8) is 0 Å². The number of carbonyl (C=O) groups excluding carboxylic acids is 1. The van der Waals surface area contributed by atoms with Crippen LogP contribution in [0.15, 0.2) is 30.3 Å².